The third-order valence-electron chi connectivity index (χ3n) is 8.47. The molecular weight excluding hydrogens is 529 g/mol. The summed E-state index contributed by atoms with van der Waals surface area (Å²) in [5, 5.41) is 4.41. The average Bonchev–Trinajstić information content (AvgIpc) is 3.58. The van der Waals surface area contributed by atoms with Crippen molar-refractivity contribution in [2.75, 3.05) is 0 Å². The van der Waals surface area contributed by atoms with E-state index in [2.05, 4.69) is 90.6 Å². The van der Waals surface area contributed by atoms with Gasteiger partial charge in [0.2, 0.25) is 0 Å². The summed E-state index contributed by atoms with van der Waals surface area (Å²) in [6.07, 6.45) is 2.20. The summed E-state index contributed by atoms with van der Waals surface area (Å²) in [5.74, 6) is 1.99. The molecule has 5 aromatic carbocycles. The molecule has 0 spiro atoms. The van der Waals surface area contributed by atoms with Crippen LogP contribution < -0.4 is 10.4 Å². The molecule has 1 aliphatic heterocycles. The van der Waals surface area contributed by atoms with Crippen LogP contribution in [-0.2, 0) is 0 Å². The summed E-state index contributed by atoms with van der Waals surface area (Å²) >= 11 is 0. The molecule has 0 saturated heterocycles. The number of hydrogen-bond donors (Lipinski definition) is 0. The molecule has 1 aliphatic rings. The molecule has 0 unspecified atom stereocenters. The second kappa shape index (κ2) is 9.47. The molecule has 8 rings (SSSR count). The van der Waals surface area contributed by atoms with E-state index in [1.54, 1.807) is 0 Å². The van der Waals surface area contributed by atoms with Crippen LogP contribution in [0.4, 0.5) is 0 Å². The molecule has 2 aromatic heterocycles. The van der Waals surface area contributed by atoms with Gasteiger partial charge in [0.1, 0.15) is 8.07 Å². The summed E-state index contributed by atoms with van der Waals surface area (Å²) in [4.78, 5) is 14.7. The van der Waals surface area contributed by atoms with Gasteiger partial charge in [-0.25, -0.2) is 15.0 Å². The molecule has 0 aliphatic carbocycles. The average molecular weight is 557 g/mol. The zero-order valence-corrected chi connectivity index (χ0v) is 24.5. The fourth-order valence-corrected chi connectivity index (χ4v) is 9.92. The van der Waals surface area contributed by atoms with Gasteiger partial charge >= 0.3 is 0 Å². The third kappa shape index (κ3) is 3.85. The second-order valence-corrected chi connectivity index (χ2v) is 15.7. The van der Waals surface area contributed by atoms with Crippen LogP contribution in [-0.4, -0.2) is 27.6 Å². The Balaban J connectivity index is 1.26. The first-order valence-electron chi connectivity index (χ1n) is 14.3. The fraction of sp³-hybridized carbons (Fsp3) is 0.0541. The van der Waals surface area contributed by atoms with E-state index in [4.69, 9.17) is 15.0 Å². The maximum atomic E-state index is 4.95. The summed E-state index contributed by atoms with van der Waals surface area (Å²) < 4.78 is 2.30. The fourth-order valence-electron chi connectivity index (χ4n) is 6.47. The number of aromatic nitrogens is 4. The van der Waals surface area contributed by atoms with Crippen molar-refractivity contribution in [2.45, 2.75) is 13.1 Å². The van der Waals surface area contributed by atoms with Gasteiger partial charge in [-0.1, -0.05) is 116 Å². The highest BCUT2D eigenvalue weighted by molar-refractivity contribution is 7.05. The van der Waals surface area contributed by atoms with Gasteiger partial charge in [0.25, 0.3) is 0 Å². The SMILES string of the molecule is C[Si]1(C)c2ccccc2-c2ccc3c(ccn3-c3cccc(-c4nc(-c5ccccc5)nc(-c5ccccc5)n4)c3)c21. The summed E-state index contributed by atoms with van der Waals surface area (Å²) in [6.45, 7) is 4.95. The third-order valence-corrected chi connectivity index (χ3v) is 12.0. The zero-order chi connectivity index (χ0) is 28.3. The molecule has 7 aromatic rings. The lowest BCUT2D eigenvalue weighted by Gasteiger charge is -2.20. The molecule has 200 valence electrons. The lowest BCUT2D eigenvalue weighted by Crippen LogP contribution is -2.49. The number of benzene rings is 5. The number of nitrogens with zero attached hydrogens (tertiary/aromatic N) is 4. The number of rotatable bonds is 4. The summed E-state index contributed by atoms with van der Waals surface area (Å²) in [7, 11) is -1.81. The van der Waals surface area contributed by atoms with Crippen LogP contribution in [0.25, 0.3) is 61.9 Å². The maximum absolute atomic E-state index is 4.95. The number of hydrogen-bond acceptors (Lipinski definition) is 3. The molecule has 0 bridgehead atoms. The Morgan fingerprint density at radius 3 is 1.81 bits per heavy atom. The van der Waals surface area contributed by atoms with Gasteiger partial charge in [-0.15, -0.1) is 0 Å². The van der Waals surface area contributed by atoms with E-state index in [1.165, 1.54) is 32.4 Å². The van der Waals surface area contributed by atoms with E-state index in [1.807, 2.05) is 60.7 Å². The van der Waals surface area contributed by atoms with Crippen molar-refractivity contribution in [2.24, 2.45) is 0 Å². The maximum Gasteiger partial charge on any atom is 0.164 e. The van der Waals surface area contributed by atoms with E-state index in [9.17, 15) is 0 Å². The molecule has 0 saturated carbocycles. The van der Waals surface area contributed by atoms with Crippen molar-refractivity contribution in [3.05, 3.63) is 134 Å². The quantitative estimate of drug-likeness (QED) is 0.210. The van der Waals surface area contributed by atoms with Crippen molar-refractivity contribution in [1.29, 1.82) is 0 Å². The van der Waals surface area contributed by atoms with Gasteiger partial charge in [-0.3, -0.25) is 0 Å². The van der Waals surface area contributed by atoms with Gasteiger partial charge in [0.05, 0.1) is 5.52 Å². The van der Waals surface area contributed by atoms with E-state index in [-0.39, 0.29) is 0 Å². The standard InChI is InChI=1S/C37H28N4Si/c1-42(2)33-19-10-9-18-29(33)30-20-21-32-31(34(30)42)22-23-41(32)28-17-11-16-27(24-28)37-39-35(25-12-5-3-6-13-25)38-36(40-37)26-14-7-4-8-15-26/h3-24H,1-2H3. The van der Waals surface area contributed by atoms with Crippen molar-refractivity contribution >= 4 is 29.4 Å². The van der Waals surface area contributed by atoms with Crippen LogP contribution >= 0.6 is 0 Å². The molecular formula is C37H28N4Si. The Labute approximate surface area is 246 Å². The minimum Gasteiger partial charge on any atom is -0.317 e. The van der Waals surface area contributed by atoms with Gasteiger partial charge < -0.3 is 4.57 Å². The van der Waals surface area contributed by atoms with Crippen molar-refractivity contribution in [3.8, 4) is 51.0 Å². The first-order chi connectivity index (χ1) is 20.6. The van der Waals surface area contributed by atoms with Crippen LogP contribution in [0.15, 0.2) is 134 Å². The smallest absolute Gasteiger partial charge is 0.164 e. The minimum absolute atomic E-state index is 0.658. The van der Waals surface area contributed by atoms with Crippen molar-refractivity contribution in [3.63, 3.8) is 0 Å². The van der Waals surface area contributed by atoms with Gasteiger partial charge in [-0.2, -0.15) is 0 Å². The lowest BCUT2D eigenvalue weighted by atomic mass is 10.0. The molecule has 0 fully saturated rings. The summed E-state index contributed by atoms with van der Waals surface area (Å²) in [5.41, 5.74) is 7.99. The monoisotopic (exact) mass is 556 g/mol. The highest BCUT2D eigenvalue weighted by Crippen LogP contribution is 2.34. The van der Waals surface area contributed by atoms with Gasteiger partial charge in [-0.05, 0) is 45.8 Å². The van der Waals surface area contributed by atoms with E-state index in [0.717, 1.165) is 22.4 Å². The Morgan fingerprint density at radius 1 is 0.524 bits per heavy atom. The van der Waals surface area contributed by atoms with Gasteiger partial charge in [0, 0.05) is 34.0 Å². The Kier molecular flexibility index (Phi) is 5.56. The van der Waals surface area contributed by atoms with Crippen LogP contribution in [0.2, 0.25) is 13.1 Å². The Hall–Kier alpha value is -5.13. The van der Waals surface area contributed by atoms with Crippen LogP contribution in [0, 0.1) is 0 Å². The lowest BCUT2D eigenvalue weighted by molar-refractivity contribution is 1.07. The topological polar surface area (TPSA) is 43.6 Å². The molecule has 0 N–H and O–H groups in total. The van der Waals surface area contributed by atoms with E-state index in [0.29, 0.717) is 17.5 Å². The van der Waals surface area contributed by atoms with Crippen LogP contribution in [0.5, 0.6) is 0 Å². The van der Waals surface area contributed by atoms with E-state index < -0.39 is 8.07 Å². The largest absolute Gasteiger partial charge is 0.317 e. The normalized spacial score (nSPS) is 13.2. The zero-order valence-electron chi connectivity index (χ0n) is 23.5. The molecule has 0 atom stereocenters. The van der Waals surface area contributed by atoms with E-state index >= 15 is 0 Å². The highest BCUT2D eigenvalue weighted by Gasteiger charge is 2.38. The molecule has 3 heterocycles. The van der Waals surface area contributed by atoms with Crippen LogP contribution in [0.3, 0.4) is 0 Å². The van der Waals surface area contributed by atoms with Crippen molar-refractivity contribution in [1.82, 2.24) is 19.5 Å². The predicted octanol–water partition coefficient (Wildman–Crippen LogP) is 7.62. The van der Waals surface area contributed by atoms with Gasteiger partial charge in [0.15, 0.2) is 17.5 Å². The molecule has 5 heteroatoms. The Morgan fingerprint density at radius 2 is 1.12 bits per heavy atom. The first-order valence-corrected chi connectivity index (χ1v) is 17.3. The molecule has 0 amide bonds. The second-order valence-electron chi connectivity index (χ2n) is 11.4. The van der Waals surface area contributed by atoms with Crippen LogP contribution in [0.1, 0.15) is 0 Å². The molecule has 4 nitrogen and oxygen atoms in total. The molecule has 42 heavy (non-hydrogen) atoms. The Bertz CT molecular complexity index is 2060. The minimum atomic E-state index is -1.81. The highest BCUT2D eigenvalue weighted by atomic mass is 28.3. The number of fused-ring (bicyclic) bond motifs is 5. The summed E-state index contributed by atoms with van der Waals surface area (Å²) in [6, 6.07) is 44.6. The predicted molar refractivity (Wildman–Crippen MR) is 175 cm³/mol. The first kappa shape index (κ1) is 24.6. The van der Waals surface area contributed by atoms with Crippen molar-refractivity contribution < 1.29 is 0 Å². The molecule has 0 radical (unpaired) electrons.